The van der Waals surface area contributed by atoms with Gasteiger partial charge in [-0.05, 0) is 30.0 Å². The van der Waals surface area contributed by atoms with Crippen LogP contribution in [-0.2, 0) is 10.2 Å². The number of rotatable bonds is 0. The molecule has 102 valence electrons. The fourth-order valence-electron chi connectivity index (χ4n) is 3.61. The van der Waals surface area contributed by atoms with Crippen molar-refractivity contribution in [3.8, 4) is 11.5 Å². The van der Waals surface area contributed by atoms with Crippen molar-refractivity contribution in [3.05, 3.63) is 23.3 Å². The van der Waals surface area contributed by atoms with Crippen molar-refractivity contribution in [3.63, 3.8) is 0 Å². The number of carbonyl (C=O) groups excluding carboxylic acids is 1. The molecule has 4 heteroatoms. The molecular formula is C15H18O4. The van der Waals surface area contributed by atoms with Gasteiger partial charge in [-0.15, -0.1) is 0 Å². The van der Waals surface area contributed by atoms with E-state index in [0.717, 1.165) is 5.56 Å². The van der Waals surface area contributed by atoms with Crippen LogP contribution in [0, 0.1) is 12.3 Å². The molecule has 1 fully saturated rings. The molecule has 1 heterocycles. The van der Waals surface area contributed by atoms with Crippen molar-refractivity contribution < 1.29 is 19.7 Å². The number of fused-ring (bicyclic) bond motifs is 2. The fraction of sp³-hybridized carbons (Fsp3) is 0.533. The average molecular weight is 262 g/mol. The van der Waals surface area contributed by atoms with Gasteiger partial charge >= 0.3 is 0 Å². The molecule has 1 spiro atoms. The van der Waals surface area contributed by atoms with Crippen molar-refractivity contribution in [2.45, 2.75) is 45.3 Å². The third kappa shape index (κ3) is 1.40. The SMILES string of the molecule is Cc1cc2c(cc1O)[C@]1(CC(=O)CC1(C)C)[C@H](O)O2. The summed E-state index contributed by atoms with van der Waals surface area (Å²) in [6, 6.07) is 3.36. The monoisotopic (exact) mass is 262 g/mol. The molecule has 2 N–H and O–H groups in total. The lowest BCUT2D eigenvalue weighted by molar-refractivity contribution is -0.119. The minimum absolute atomic E-state index is 0.126. The van der Waals surface area contributed by atoms with Gasteiger partial charge in [0.1, 0.15) is 17.3 Å². The fourth-order valence-corrected chi connectivity index (χ4v) is 3.61. The Labute approximate surface area is 112 Å². The van der Waals surface area contributed by atoms with Gasteiger partial charge in [-0.2, -0.15) is 0 Å². The molecule has 0 saturated heterocycles. The summed E-state index contributed by atoms with van der Waals surface area (Å²) in [7, 11) is 0. The van der Waals surface area contributed by atoms with Crippen molar-refractivity contribution in [2.24, 2.45) is 5.41 Å². The van der Waals surface area contributed by atoms with Crippen LogP contribution in [-0.4, -0.2) is 22.3 Å². The number of hydrogen-bond acceptors (Lipinski definition) is 4. The number of aryl methyl sites for hydroxylation is 1. The zero-order chi connectivity index (χ0) is 14.0. The first-order valence-corrected chi connectivity index (χ1v) is 6.48. The summed E-state index contributed by atoms with van der Waals surface area (Å²) in [5.41, 5.74) is 0.310. The zero-order valence-corrected chi connectivity index (χ0v) is 11.4. The lowest BCUT2D eigenvalue weighted by Gasteiger charge is -2.38. The van der Waals surface area contributed by atoms with Gasteiger partial charge in [0, 0.05) is 18.4 Å². The Morgan fingerprint density at radius 1 is 1.32 bits per heavy atom. The van der Waals surface area contributed by atoms with Crippen LogP contribution in [0.5, 0.6) is 11.5 Å². The predicted octanol–water partition coefficient (Wildman–Crippen LogP) is 2.04. The molecule has 0 amide bonds. The van der Waals surface area contributed by atoms with E-state index in [9.17, 15) is 15.0 Å². The first-order valence-electron chi connectivity index (χ1n) is 6.48. The molecular weight excluding hydrogens is 244 g/mol. The Morgan fingerprint density at radius 3 is 2.58 bits per heavy atom. The molecule has 1 aromatic carbocycles. The maximum atomic E-state index is 11.9. The Bertz CT molecular complexity index is 576. The van der Waals surface area contributed by atoms with E-state index in [0.29, 0.717) is 17.7 Å². The summed E-state index contributed by atoms with van der Waals surface area (Å²) in [5, 5.41) is 20.3. The van der Waals surface area contributed by atoms with E-state index in [-0.39, 0.29) is 18.0 Å². The molecule has 0 aromatic heterocycles. The largest absolute Gasteiger partial charge is 0.508 e. The highest BCUT2D eigenvalue weighted by atomic mass is 16.6. The van der Waals surface area contributed by atoms with E-state index < -0.39 is 17.1 Å². The minimum Gasteiger partial charge on any atom is -0.508 e. The molecule has 19 heavy (non-hydrogen) atoms. The van der Waals surface area contributed by atoms with Gasteiger partial charge in [0.2, 0.25) is 6.29 Å². The maximum absolute atomic E-state index is 11.9. The molecule has 0 bridgehead atoms. The van der Waals surface area contributed by atoms with Gasteiger partial charge in [0.25, 0.3) is 0 Å². The van der Waals surface area contributed by atoms with Gasteiger partial charge in [-0.25, -0.2) is 0 Å². The number of phenolic OH excluding ortho intramolecular Hbond substituents is 1. The highest BCUT2D eigenvalue weighted by molar-refractivity contribution is 5.85. The molecule has 4 nitrogen and oxygen atoms in total. The number of carbonyl (C=O) groups is 1. The Balaban J connectivity index is 2.25. The second-order valence-corrected chi connectivity index (χ2v) is 6.35. The minimum atomic E-state index is -1.04. The van der Waals surface area contributed by atoms with Gasteiger partial charge in [0.15, 0.2) is 0 Å². The zero-order valence-electron chi connectivity index (χ0n) is 11.4. The number of ketones is 1. The number of aliphatic hydroxyl groups excluding tert-OH is 1. The molecule has 0 unspecified atom stereocenters. The number of aliphatic hydroxyl groups is 1. The number of phenols is 1. The van der Waals surface area contributed by atoms with Gasteiger partial charge in [0.05, 0.1) is 5.41 Å². The second kappa shape index (κ2) is 3.51. The van der Waals surface area contributed by atoms with Crippen LogP contribution in [0.2, 0.25) is 0 Å². The molecule has 2 atom stereocenters. The normalized spacial score (nSPS) is 31.6. The van der Waals surface area contributed by atoms with Crippen molar-refractivity contribution >= 4 is 5.78 Å². The number of hydrogen-bond donors (Lipinski definition) is 2. The first kappa shape index (κ1) is 12.5. The molecule has 1 saturated carbocycles. The summed E-state index contributed by atoms with van der Waals surface area (Å²) in [4.78, 5) is 11.9. The maximum Gasteiger partial charge on any atom is 0.208 e. The van der Waals surface area contributed by atoms with E-state index in [1.807, 2.05) is 13.8 Å². The van der Waals surface area contributed by atoms with Crippen molar-refractivity contribution in [1.82, 2.24) is 0 Å². The van der Waals surface area contributed by atoms with Gasteiger partial charge in [-0.3, -0.25) is 4.79 Å². The highest BCUT2D eigenvalue weighted by Crippen LogP contribution is 2.60. The first-order chi connectivity index (χ1) is 8.78. The smallest absolute Gasteiger partial charge is 0.208 e. The van der Waals surface area contributed by atoms with Gasteiger partial charge in [-0.1, -0.05) is 13.8 Å². The summed E-state index contributed by atoms with van der Waals surface area (Å²) in [5.74, 6) is 0.872. The lowest BCUT2D eigenvalue weighted by Crippen LogP contribution is -2.46. The molecule has 3 rings (SSSR count). The van der Waals surface area contributed by atoms with E-state index >= 15 is 0 Å². The molecule has 1 aliphatic heterocycles. The van der Waals surface area contributed by atoms with Crippen LogP contribution in [0.1, 0.15) is 37.8 Å². The Morgan fingerprint density at radius 2 is 2.00 bits per heavy atom. The van der Waals surface area contributed by atoms with Crippen LogP contribution in [0.25, 0.3) is 0 Å². The summed E-state index contributed by atoms with van der Waals surface area (Å²) >= 11 is 0. The Kier molecular flexibility index (Phi) is 2.31. The van der Waals surface area contributed by atoms with Crippen molar-refractivity contribution in [2.75, 3.05) is 0 Å². The number of benzene rings is 1. The van der Waals surface area contributed by atoms with E-state index in [4.69, 9.17) is 4.74 Å². The van der Waals surface area contributed by atoms with Crippen molar-refractivity contribution in [1.29, 1.82) is 0 Å². The predicted molar refractivity (Wildman–Crippen MR) is 69.2 cm³/mol. The second-order valence-electron chi connectivity index (χ2n) is 6.35. The van der Waals surface area contributed by atoms with Gasteiger partial charge < -0.3 is 14.9 Å². The molecule has 1 aliphatic carbocycles. The Hall–Kier alpha value is -1.55. The summed E-state index contributed by atoms with van der Waals surface area (Å²) < 4.78 is 5.56. The highest BCUT2D eigenvalue weighted by Gasteiger charge is 2.62. The van der Waals surface area contributed by atoms with E-state index in [2.05, 4.69) is 0 Å². The summed E-state index contributed by atoms with van der Waals surface area (Å²) in [6.07, 6.45) is -0.358. The van der Waals surface area contributed by atoms with Crippen LogP contribution in [0.3, 0.4) is 0 Å². The topological polar surface area (TPSA) is 66.8 Å². The van der Waals surface area contributed by atoms with Crippen LogP contribution in [0.15, 0.2) is 12.1 Å². The standard InChI is InChI=1S/C15H18O4/c1-8-4-12-10(5-11(8)17)15(13(18)19-12)7-9(16)6-14(15,2)3/h4-5,13,17-18H,6-7H2,1-3H3/t13-,15-/m1/s1. The molecule has 2 aliphatic rings. The molecule has 0 radical (unpaired) electrons. The lowest BCUT2D eigenvalue weighted by atomic mass is 9.64. The van der Waals surface area contributed by atoms with E-state index in [1.54, 1.807) is 19.1 Å². The number of aromatic hydroxyl groups is 1. The van der Waals surface area contributed by atoms with Crippen LogP contribution < -0.4 is 4.74 Å². The number of Topliss-reactive ketones (excluding diaryl/α,β-unsaturated/α-hetero) is 1. The molecule has 1 aromatic rings. The number of ether oxygens (including phenoxy) is 1. The third-order valence-corrected chi connectivity index (χ3v) is 4.76. The van der Waals surface area contributed by atoms with E-state index in [1.165, 1.54) is 0 Å². The van der Waals surface area contributed by atoms with Crippen LogP contribution >= 0.6 is 0 Å². The van der Waals surface area contributed by atoms with Crippen LogP contribution in [0.4, 0.5) is 0 Å². The third-order valence-electron chi connectivity index (χ3n) is 4.76. The average Bonchev–Trinajstić information content (AvgIpc) is 2.67. The summed E-state index contributed by atoms with van der Waals surface area (Å²) in [6.45, 7) is 5.72. The quantitative estimate of drug-likeness (QED) is 0.751.